The molecule has 2 saturated heterocycles. The largest absolute Gasteiger partial charge is 0.341 e. The molecule has 0 N–H and O–H groups in total. The van der Waals surface area contributed by atoms with E-state index in [2.05, 4.69) is 0 Å². The Morgan fingerprint density at radius 3 is 2.32 bits per heavy atom. The van der Waals surface area contributed by atoms with Crippen molar-refractivity contribution >= 4 is 27.5 Å². The first-order chi connectivity index (χ1) is 10.5. The topological polar surface area (TPSA) is 57.7 Å². The molecule has 2 aliphatic heterocycles. The third kappa shape index (κ3) is 2.87. The number of carbonyl (C=O) groups excluding carboxylic acids is 1. The van der Waals surface area contributed by atoms with Gasteiger partial charge in [0.15, 0.2) is 0 Å². The van der Waals surface area contributed by atoms with E-state index in [-0.39, 0.29) is 10.8 Å². The smallest absolute Gasteiger partial charge is 0.243 e. The van der Waals surface area contributed by atoms with E-state index in [1.54, 1.807) is 17.0 Å². The van der Waals surface area contributed by atoms with Gasteiger partial charge in [0.2, 0.25) is 15.9 Å². The van der Waals surface area contributed by atoms with Gasteiger partial charge in [-0.05, 0) is 49.9 Å². The van der Waals surface area contributed by atoms with Crippen LogP contribution in [0.4, 0.5) is 0 Å². The molecule has 2 heterocycles. The molecule has 5 nitrogen and oxygen atoms in total. The van der Waals surface area contributed by atoms with Crippen molar-refractivity contribution in [1.29, 1.82) is 0 Å². The number of halogens is 1. The van der Waals surface area contributed by atoms with Crippen molar-refractivity contribution in [3.8, 4) is 0 Å². The molecule has 1 amide bonds. The molecule has 0 bridgehead atoms. The predicted octanol–water partition coefficient (Wildman–Crippen LogP) is 2.12. The van der Waals surface area contributed by atoms with Crippen LogP contribution < -0.4 is 0 Å². The summed E-state index contributed by atoms with van der Waals surface area (Å²) in [5, 5.41) is 0.491. The Kier molecular flexibility index (Phi) is 4.43. The second-order valence-corrected chi connectivity index (χ2v) is 8.09. The lowest BCUT2D eigenvalue weighted by atomic mass is 10.2. The zero-order valence-electron chi connectivity index (χ0n) is 12.2. The van der Waals surface area contributed by atoms with Crippen LogP contribution in [0.25, 0.3) is 0 Å². The third-order valence-electron chi connectivity index (χ3n) is 4.33. The molecule has 0 aliphatic carbocycles. The molecule has 7 heteroatoms. The van der Waals surface area contributed by atoms with Crippen LogP contribution in [0, 0.1) is 0 Å². The first-order valence-corrected chi connectivity index (χ1v) is 9.38. The van der Waals surface area contributed by atoms with Gasteiger partial charge in [0, 0.05) is 24.7 Å². The van der Waals surface area contributed by atoms with Gasteiger partial charge in [0.05, 0.1) is 4.90 Å². The molecule has 22 heavy (non-hydrogen) atoms. The van der Waals surface area contributed by atoms with E-state index in [1.165, 1.54) is 16.4 Å². The Labute approximate surface area is 135 Å². The highest BCUT2D eigenvalue weighted by Crippen LogP contribution is 2.28. The van der Waals surface area contributed by atoms with Gasteiger partial charge in [0.1, 0.15) is 6.04 Å². The maximum absolute atomic E-state index is 12.8. The summed E-state index contributed by atoms with van der Waals surface area (Å²) in [6.07, 6.45) is 3.32. The van der Waals surface area contributed by atoms with Crippen LogP contribution in [0.3, 0.4) is 0 Å². The highest BCUT2D eigenvalue weighted by molar-refractivity contribution is 7.89. The molecule has 0 spiro atoms. The van der Waals surface area contributed by atoms with Crippen molar-refractivity contribution in [3.63, 3.8) is 0 Å². The number of benzene rings is 1. The van der Waals surface area contributed by atoms with Gasteiger partial charge in [0.25, 0.3) is 0 Å². The van der Waals surface area contributed by atoms with Crippen LogP contribution in [0.15, 0.2) is 29.2 Å². The summed E-state index contributed by atoms with van der Waals surface area (Å²) < 4.78 is 26.9. The average molecular weight is 343 g/mol. The minimum Gasteiger partial charge on any atom is -0.341 e. The van der Waals surface area contributed by atoms with Crippen LogP contribution in [0.5, 0.6) is 0 Å². The number of sulfonamides is 1. The van der Waals surface area contributed by atoms with Crippen molar-refractivity contribution in [2.45, 2.75) is 36.6 Å². The molecule has 0 aromatic heterocycles. The second kappa shape index (κ2) is 6.18. The summed E-state index contributed by atoms with van der Waals surface area (Å²) in [6.45, 7) is 1.88. The number of likely N-dealkylation sites (tertiary alicyclic amines) is 1. The first-order valence-electron chi connectivity index (χ1n) is 7.56. The molecule has 0 saturated carbocycles. The maximum Gasteiger partial charge on any atom is 0.243 e. The Bertz CT molecular complexity index is 654. The van der Waals surface area contributed by atoms with Gasteiger partial charge in [-0.15, -0.1) is 0 Å². The maximum atomic E-state index is 12.8. The fraction of sp³-hybridized carbons (Fsp3) is 0.533. The standard InChI is InChI=1S/C15H19ClN2O3S/c16-12-5-7-13(8-6-12)22(20,21)18-11-3-4-14(18)15(19)17-9-1-2-10-17/h5-8,14H,1-4,9-11H2/t14-/m1/s1. The van der Waals surface area contributed by atoms with Crippen molar-refractivity contribution in [1.82, 2.24) is 9.21 Å². The van der Waals surface area contributed by atoms with Crippen LogP contribution in [-0.4, -0.2) is 49.2 Å². The van der Waals surface area contributed by atoms with Gasteiger partial charge in [-0.3, -0.25) is 4.79 Å². The van der Waals surface area contributed by atoms with Crippen LogP contribution in [0.1, 0.15) is 25.7 Å². The molecule has 0 radical (unpaired) electrons. The van der Waals surface area contributed by atoms with E-state index in [0.29, 0.717) is 18.0 Å². The molecular formula is C15H19ClN2O3S. The number of hydrogen-bond donors (Lipinski definition) is 0. The van der Waals surface area contributed by atoms with Crippen molar-refractivity contribution in [2.24, 2.45) is 0 Å². The first kappa shape index (κ1) is 15.8. The van der Waals surface area contributed by atoms with E-state index in [1.807, 2.05) is 0 Å². The number of amides is 1. The Balaban J connectivity index is 1.85. The summed E-state index contributed by atoms with van der Waals surface area (Å²) >= 11 is 5.82. The predicted molar refractivity (Wildman–Crippen MR) is 84.2 cm³/mol. The fourth-order valence-corrected chi connectivity index (χ4v) is 4.94. The van der Waals surface area contributed by atoms with Crippen LogP contribution in [0.2, 0.25) is 5.02 Å². The molecular weight excluding hydrogens is 324 g/mol. The van der Waals surface area contributed by atoms with Crippen molar-refractivity contribution in [2.75, 3.05) is 19.6 Å². The number of hydrogen-bond acceptors (Lipinski definition) is 3. The summed E-state index contributed by atoms with van der Waals surface area (Å²) in [5.74, 6) is -0.0486. The van der Waals surface area contributed by atoms with Gasteiger partial charge in [-0.1, -0.05) is 11.6 Å². The van der Waals surface area contributed by atoms with E-state index in [9.17, 15) is 13.2 Å². The lowest BCUT2D eigenvalue weighted by Crippen LogP contribution is -2.46. The Hall–Kier alpha value is -1.11. The normalized spacial score (nSPS) is 23.1. The lowest BCUT2D eigenvalue weighted by Gasteiger charge is -2.27. The molecule has 1 aromatic rings. The zero-order chi connectivity index (χ0) is 15.7. The van der Waals surface area contributed by atoms with Gasteiger partial charge < -0.3 is 4.90 Å². The molecule has 1 atom stereocenters. The van der Waals surface area contributed by atoms with Gasteiger partial charge in [-0.2, -0.15) is 4.31 Å². The van der Waals surface area contributed by atoms with E-state index in [4.69, 9.17) is 11.6 Å². The lowest BCUT2D eigenvalue weighted by molar-refractivity contribution is -0.133. The summed E-state index contributed by atoms with van der Waals surface area (Å²) in [4.78, 5) is 14.6. The van der Waals surface area contributed by atoms with Crippen molar-refractivity contribution < 1.29 is 13.2 Å². The third-order valence-corrected chi connectivity index (χ3v) is 6.50. The Morgan fingerprint density at radius 2 is 1.68 bits per heavy atom. The van der Waals surface area contributed by atoms with Crippen LogP contribution in [-0.2, 0) is 14.8 Å². The van der Waals surface area contributed by atoms with E-state index < -0.39 is 16.1 Å². The van der Waals surface area contributed by atoms with Gasteiger partial charge >= 0.3 is 0 Å². The molecule has 1 aromatic carbocycles. The summed E-state index contributed by atoms with van der Waals surface area (Å²) in [7, 11) is -3.65. The number of rotatable bonds is 3. The average Bonchev–Trinajstić information content (AvgIpc) is 3.19. The molecule has 3 rings (SSSR count). The minimum absolute atomic E-state index is 0.0486. The highest BCUT2D eigenvalue weighted by atomic mass is 35.5. The Morgan fingerprint density at radius 1 is 1.05 bits per heavy atom. The summed E-state index contributed by atoms with van der Waals surface area (Å²) in [5.41, 5.74) is 0. The highest BCUT2D eigenvalue weighted by Gasteiger charge is 2.41. The van der Waals surface area contributed by atoms with Crippen LogP contribution >= 0.6 is 11.6 Å². The number of nitrogens with zero attached hydrogens (tertiary/aromatic N) is 2. The summed E-state index contributed by atoms with van der Waals surface area (Å²) in [6, 6.07) is 5.54. The van der Waals surface area contributed by atoms with Gasteiger partial charge in [-0.25, -0.2) is 8.42 Å². The van der Waals surface area contributed by atoms with Crippen molar-refractivity contribution in [3.05, 3.63) is 29.3 Å². The minimum atomic E-state index is -3.65. The fourth-order valence-electron chi connectivity index (χ4n) is 3.16. The second-order valence-electron chi connectivity index (χ2n) is 5.76. The van der Waals surface area contributed by atoms with E-state index >= 15 is 0 Å². The zero-order valence-corrected chi connectivity index (χ0v) is 13.8. The molecule has 2 aliphatic rings. The SMILES string of the molecule is O=C([C@H]1CCCN1S(=O)(=O)c1ccc(Cl)cc1)N1CCCC1. The van der Waals surface area contributed by atoms with E-state index in [0.717, 1.165) is 32.4 Å². The molecule has 120 valence electrons. The molecule has 0 unspecified atom stereocenters. The monoisotopic (exact) mass is 342 g/mol. The molecule has 2 fully saturated rings. The number of carbonyl (C=O) groups is 1. The quantitative estimate of drug-likeness (QED) is 0.845.